The number of hydrogen-bond donors (Lipinski definition) is 1. The minimum absolute atomic E-state index is 0.208. The Morgan fingerprint density at radius 3 is 3.00 bits per heavy atom. The van der Waals surface area contributed by atoms with E-state index < -0.39 is 0 Å². The molecule has 10 heteroatoms. The van der Waals surface area contributed by atoms with Crippen LogP contribution in [0.3, 0.4) is 0 Å². The molecular formula is C22H26N6O4. The SMILES string of the molecule is CCc1ccc(CN2C[C@@H]3NC(=O)c4ncccc4OCCn4cc(nn4)CO[C@H]3C2)o1. The molecule has 3 aromatic heterocycles. The molecule has 168 valence electrons. The smallest absolute Gasteiger partial charge is 0.274 e. The van der Waals surface area contributed by atoms with Gasteiger partial charge in [0.15, 0.2) is 11.4 Å². The van der Waals surface area contributed by atoms with E-state index in [2.05, 4.69) is 32.4 Å². The number of aromatic nitrogens is 4. The number of furan rings is 1. The van der Waals surface area contributed by atoms with E-state index in [9.17, 15) is 4.79 Å². The van der Waals surface area contributed by atoms with Crippen molar-refractivity contribution in [3.05, 3.63) is 59.6 Å². The van der Waals surface area contributed by atoms with Crippen molar-refractivity contribution in [3.63, 3.8) is 0 Å². The first-order chi connectivity index (χ1) is 15.7. The van der Waals surface area contributed by atoms with E-state index in [1.165, 1.54) is 0 Å². The van der Waals surface area contributed by atoms with Crippen LogP contribution in [-0.2, 0) is 30.9 Å². The van der Waals surface area contributed by atoms with E-state index in [4.69, 9.17) is 13.9 Å². The van der Waals surface area contributed by atoms with Crippen LogP contribution in [0.25, 0.3) is 0 Å². The van der Waals surface area contributed by atoms with Crippen LogP contribution >= 0.6 is 0 Å². The highest BCUT2D eigenvalue weighted by atomic mass is 16.5. The maximum Gasteiger partial charge on any atom is 0.274 e. The number of amides is 1. The van der Waals surface area contributed by atoms with Gasteiger partial charge in [0.05, 0.1) is 38.0 Å². The van der Waals surface area contributed by atoms with Gasteiger partial charge in [0.2, 0.25) is 0 Å². The molecule has 0 aromatic carbocycles. The molecule has 32 heavy (non-hydrogen) atoms. The van der Waals surface area contributed by atoms with Crippen molar-refractivity contribution < 1.29 is 18.7 Å². The van der Waals surface area contributed by atoms with Crippen molar-refractivity contribution >= 4 is 5.91 Å². The predicted molar refractivity (Wildman–Crippen MR) is 113 cm³/mol. The Morgan fingerprint density at radius 2 is 2.12 bits per heavy atom. The van der Waals surface area contributed by atoms with Crippen LogP contribution in [0.2, 0.25) is 0 Å². The third kappa shape index (κ3) is 4.51. The molecule has 1 amide bonds. The van der Waals surface area contributed by atoms with E-state index in [1.807, 2.05) is 18.3 Å². The number of nitrogens with zero attached hydrogens (tertiary/aromatic N) is 5. The van der Waals surface area contributed by atoms with Crippen LogP contribution in [0.4, 0.5) is 0 Å². The zero-order valence-corrected chi connectivity index (χ0v) is 17.9. The van der Waals surface area contributed by atoms with Crippen LogP contribution in [0, 0.1) is 0 Å². The monoisotopic (exact) mass is 438 g/mol. The highest BCUT2D eigenvalue weighted by Crippen LogP contribution is 2.21. The maximum absolute atomic E-state index is 13.1. The molecule has 10 nitrogen and oxygen atoms in total. The molecule has 2 bridgehead atoms. The lowest BCUT2D eigenvalue weighted by atomic mass is 10.2. The molecule has 2 aliphatic heterocycles. The average molecular weight is 438 g/mol. The van der Waals surface area contributed by atoms with E-state index >= 15 is 0 Å². The van der Waals surface area contributed by atoms with Crippen LogP contribution < -0.4 is 10.1 Å². The highest BCUT2D eigenvalue weighted by molar-refractivity contribution is 5.95. The van der Waals surface area contributed by atoms with Gasteiger partial charge in [0, 0.05) is 25.7 Å². The molecule has 5 rings (SSSR count). The second kappa shape index (κ2) is 9.09. The molecule has 1 N–H and O–H groups in total. The lowest BCUT2D eigenvalue weighted by Gasteiger charge is -2.20. The van der Waals surface area contributed by atoms with Gasteiger partial charge in [-0.25, -0.2) is 9.67 Å². The fraction of sp³-hybridized carbons (Fsp3) is 0.455. The van der Waals surface area contributed by atoms with Crippen LogP contribution in [0.15, 0.2) is 41.1 Å². The Kier molecular flexibility index (Phi) is 5.87. The molecule has 0 saturated carbocycles. The molecule has 5 heterocycles. The first kappa shape index (κ1) is 20.7. The first-order valence-corrected chi connectivity index (χ1v) is 10.9. The summed E-state index contributed by atoms with van der Waals surface area (Å²) in [6.45, 7) is 5.18. The number of nitrogens with one attached hydrogen (secondary N) is 1. The Balaban J connectivity index is 1.37. The van der Waals surface area contributed by atoms with Crippen LogP contribution in [0.1, 0.15) is 34.6 Å². The fourth-order valence-corrected chi connectivity index (χ4v) is 4.08. The largest absolute Gasteiger partial charge is 0.489 e. The number of aryl methyl sites for hydroxylation is 1. The molecule has 1 saturated heterocycles. The molecule has 1 fully saturated rings. The number of hydrogen-bond acceptors (Lipinski definition) is 8. The summed E-state index contributed by atoms with van der Waals surface area (Å²) < 4.78 is 19.6. The van der Waals surface area contributed by atoms with E-state index in [-0.39, 0.29) is 23.7 Å². The minimum Gasteiger partial charge on any atom is -0.489 e. The number of ether oxygens (including phenoxy) is 2. The summed E-state index contributed by atoms with van der Waals surface area (Å²) in [4.78, 5) is 19.5. The quantitative estimate of drug-likeness (QED) is 0.654. The third-order valence-corrected chi connectivity index (χ3v) is 5.70. The number of likely N-dealkylation sites (tertiary alicyclic amines) is 1. The van der Waals surface area contributed by atoms with Crippen molar-refractivity contribution in [2.45, 2.75) is 45.2 Å². The van der Waals surface area contributed by atoms with Crippen molar-refractivity contribution in [1.82, 2.24) is 30.2 Å². The van der Waals surface area contributed by atoms with Crippen molar-refractivity contribution in [2.24, 2.45) is 0 Å². The summed E-state index contributed by atoms with van der Waals surface area (Å²) in [5.74, 6) is 2.04. The number of carbonyl (C=O) groups excluding carboxylic acids is 1. The van der Waals surface area contributed by atoms with E-state index in [1.54, 1.807) is 23.0 Å². The Labute approximate surface area is 185 Å². The second-order valence-electron chi connectivity index (χ2n) is 8.02. The lowest BCUT2D eigenvalue weighted by molar-refractivity contribution is 0.0289. The van der Waals surface area contributed by atoms with Gasteiger partial charge < -0.3 is 19.2 Å². The molecule has 3 aromatic rings. The topological polar surface area (TPSA) is 108 Å². The van der Waals surface area contributed by atoms with E-state index in [0.717, 1.165) is 23.6 Å². The summed E-state index contributed by atoms with van der Waals surface area (Å²) >= 11 is 0. The molecule has 0 aliphatic carbocycles. The highest BCUT2D eigenvalue weighted by Gasteiger charge is 2.36. The second-order valence-corrected chi connectivity index (χ2v) is 8.02. The Hall–Kier alpha value is -3.24. The molecule has 0 spiro atoms. The minimum atomic E-state index is -0.277. The normalized spacial score (nSPS) is 21.8. The van der Waals surface area contributed by atoms with Gasteiger partial charge in [-0.3, -0.25) is 9.69 Å². The molecular weight excluding hydrogens is 412 g/mol. The molecule has 2 atom stereocenters. The number of rotatable bonds is 3. The van der Waals surface area contributed by atoms with Crippen LogP contribution in [0.5, 0.6) is 5.75 Å². The predicted octanol–water partition coefficient (Wildman–Crippen LogP) is 1.42. The number of fused-ring (bicyclic) bond motifs is 4. The third-order valence-electron chi connectivity index (χ3n) is 5.70. The van der Waals surface area contributed by atoms with Gasteiger partial charge in [-0.1, -0.05) is 12.1 Å². The van der Waals surface area contributed by atoms with Crippen molar-refractivity contribution in [1.29, 1.82) is 0 Å². The van der Waals surface area contributed by atoms with Gasteiger partial charge >= 0.3 is 0 Å². The van der Waals surface area contributed by atoms with Gasteiger partial charge in [-0.2, -0.15) is 0 Å². The zero-order valence-electron chi connectivity index (χ0n) is 17.9. The molecule has 0 unspecified atom stereocenters. The Bertz CT molecular complexity index is 1080. The summed E-state index contributed by atoms with van der Waals surface area (Å²) in [6, 6.07) is 7.30. The van der Waals surface area contributed by atoms with Gasteiger partial charge in [-0.15, -0.1) is 5.10 Å². The van der Waals surface area contributed by atoms with E-state index in [0.29, 0.717) is 45.1 Å². The van der Waals surface area contributed by atoms with Crippen molar-refractivity contribution in [2.75, 3.05) is 19.7 Å². The van der Waals surface area contributed by atoms with Crippen molar-refractivity contribution in [3.8, 4) is 5.75 Å². The van der Waals surface area contributed by atoms with Gasteiger partial charge in [-0.05, 0) is 24.3 Å². The number of pyridine rings is 1. The van der Waals surface area contributed by atoms with Gasteiger partial charge in [0.1, 0.15) is 23.8 Å². The van der Waals surface area contributed by atoms with Gasteiger partial charge in [0.25, 0.3) is 5.91 Å². The molecule has 2 aliphatic rings. The summed E-state index contributed by atoms with van der Waals surface area (Å²) in [6.07, 6.45) is 4.10. The first-order valence-electron chi connectivity index (χ1n) is 10.9. The summed E-state index contributed by atoms with van der Waals surface area (Å²) in [5.41, 5.74) is 1.01. The van der Waals surface area contributed by atoms with Crippen LogP contribution in [-0.4, -0.2) is 62.6 Å². The maximum atomic E-state index is 13.1. The Morgan fingerprint density at radius 1 is 1.22 bits per heavy atom. The lowest BCUT2D eigenvalue weighted by Crippen LogP contribution is -2.44. The molecule has 0 radical (unpaired) electrons. The number of carbonyl (C=O) groups is 1. The summed E-state index contributed by atoms with van der Waals surface area (Å²) in [5, 5.41) is 11.4. The zero-order chi connectivity index (χ0) is 21.9. The standard InChI is InChI=1S/C22H26N6O4/c1-2-16-5-6-17(32-16)11-27-12-18-20(13-27)31-14-15-10-28(26-25-15)8-9-30-19-4-3-7-23-21(19)22(29)24-18/h3-7,10,18,20H,2,8-9,11-14H2,1H3,(H,24,29)/t18-,20-/m0/s1. The fourth-order valence-electron chi connectivity index (χ4n) is 4.08. The average Bonchev–Trinajstić information content (AvgIpc) is 3.53. The summed E-state index contributed by atoms with van der Waals surface area (Å²) in [7, 11) is 0.